The Hall–Kier alpha value is -2.23. The average Bonchev–Trinajstić information content (AvgIpc) is 3.51. The van der Waals surface area contributed by atoms with Crippen LogP contribution < -0.4 is 21.5 Å². The molecule has 0 aromatic heterocycles. The molecule has 35 heavy (non-hydrogen) atoms. The maximum Gasteiger partial charge on any atom is 0.258 e. The minimum Gasteiger partial charge on any atom is -0.351 e. The van der Waals surface area contributed by atoms with Crippen LogP contribution in [0.5, 0.6) is 0 Å². The molecule has 9 nitrogen and oxygen atoms in total. The minimum absolute atomic E-state index is 0.00574. The zero-order chi connectivity index (χ0) is 25.9. The first-order valence-electron chi connectivity index (χ1n) is 12.9. The van der Waals surface area contributed by atoms with Crippen molar-refractivity contribution in [2.75, 3.05) is 13.1 Å². The third kappa shape index (κ3) is 4.78. The number of likely N-dealkylation sites (tertiary alicyclic amines) is 1. The molecule has 0 aromatic rings. The summed E-state index contributed by atoms with van der Waals surface area (Å²) in [7, 11) is 0. The van der Waals surface area contributed by atoms with Gasteiger partial charge in [0.15, 0.2) is 5.67 Å². The lowest BCUT2D eigenvalue weighted by atomic mass is 9.95. The first kappa shape index (κ1) is 25.9. The Bertz CT molecular complexity index is 918. The third-order valence-electron chi connectivity index (χ3n) is 8.77. The van der Waals surface area contributed by atoms with Crippen LogP contribution in [-0.2, 0) is 19.2 Å². The van der Waals surface area contributed by atoms with E-state index in [-0.39, 0.29) is 65.2 Å². The molecule has 4 N–H and O–H groups in total. The highest BCUT2D eigenvalue weighted by atomic mass is 19.1. The number of carbonyl (C=O) groups is 4. The molecule has 2 heterocycles. The summed E-state index contributed by atoms with van der Waals surface area (Å²) in [5.74, 6) is -1.71. The van der Waals surface area contributed by atoms with Crippen LogP contribution in [0.2, 0.25) is 0 Å². The quantitative estimate of drug-likeness (QED) is 0.358. The van der Waals surface area contributed by atoms with Gasteiger partial charge in [-0.2, -0.15) is 0 Å². The largest absolute Gasteiger partial charge is 0.351 e. The van der Waals surface area contributed by atoms with Gasteiger partial charge in [-0.1, -0.05) is 34.1 Å². The molecule has 4 amide bonds. The van der Waals surface area contributed by atoms with E-state index in [9.17, 15) is 23.6 Å². The fourth-order valence-corrected chi connectivity index (χ4v) is 5.98. The Morgan fingerprint density at radius 1 is 1.20 bits per heavy atom. The summed E-state index contributed by atoms with van der Waals surface area (Å²) in [6, 6.07) is -1.57. The van der Waals surface area contributed by atoms with Crippen molar-refractivity contribution in [3.63, 3.8) is 0 Å². The number of fused-ring (bicyclic) bond motifs is 1. The molecule has 10 heteroatoms. The topological polar surface area (TPSA) is 120 Å². The van der Waals surface area contributed by atoms with Crippen molar-refractivity contribution in [3.8, 4) is 0 Å². The molecule has 1 unspecified atom stereocenters. The fraction of sp³-hybridized carbons (Fsp3) is 0.840. The number of nitrogens with zero attached hydrogens (tertiary/aromatic N) is 1. The second kappa shape index (κ2) is 8.71. The Kier molecular flexibility index (Phi) is 6.43. The summed E-state index contributed by atoms with van der Waals surface area (Å²) < 4.78 is 14.3. The van der Waals surface area contributed by atoms with E-state index in [0.29, 0.717) is 25.9 Å². The van der Waals surface area contributed by atoms with Crippen molar-refractivity contribution in [2.45, 2.75) is 90.5 Å². The number of halogens is 1. The van der Waals surface area contributed by atoms with E-state index < -0.39 is 23.7 Å². The van der Waals surface area contributed by atoms with Crippen LogP contribution in [0.15, 0.2) is 0 Å². The number of piperidine rings is 1. The summed E-state index contributed by atoms with van der Waals surface area (Å²) in [4.78, 5) is 53.1. The second-order valence-electron chi connectivity index (χ2n) is 12.3. The zero-order valence-corrected chi connectivity index (χ0v) is 21.7. The highest BCUT2D eigenvalue weighted by molar-refractivity contribution is 5.96. The van der Waals surface area contributed by atoms with E-state index in [2.05, 4.69) is 35.3 Å². The van der Waals surface area contributed by atoms with E-state index in [1.165, 1.54) is 0 Å². The molecule has 0 radical (unpaired) electrons. The van der Waals surface area contributed by atoms with E-state index >= 15 is 0 Å². The summed E-state index contributed by atoms with van der Waals surface area (Å²) in [6.07, 6.45) is 1.64. The van der Waals surface area contributed by atoms with Gasteiger partial charge in [0.25, 0.3) is 11.8 Å². The van der Waals surface area contributed by atoms with Gasteiger partial charge in [0.05, 0.1) is 5.92 Å². The summed E-state index contributed by atoms with van der Waals surface area (Å²) in [6.45, 7) is 12.6. The molecule has 2 saturated heterocycles. The molecule has 4 rings (SSSR count). The summed E-state index contributed by atoms with van der Waals surface area (Å²) >= 11 is 0. The number of hydrazine groups is 1. The normalized spacial score (nSPS) is 32.8. The van der Waals surface area contributed by atoms with Crippen molar-refractivity contribution in [1.82, 2.24) is 26.4 Å². The number of hydrogen-bond donors (Lipinski definition) is 4. The number of amides is 4. The second-order valence-corrected chi connectivity index (χ2v) is 12.3. The smallest absolute Gasteiger partial charge is 0.258 e. The summed E-state index contributed by atoms with van der Waals surface area (Å²) in [5.41, 5.74) is 3.41. The fourth-order valence-electron chi connectivity index (χ4n) is 5.98. The van der Waals surface area contributed by atoms with Crippen molar-refractivity contribution >= 4 is 23.6 Å². The van der Waals surface area contributed by atoms with Gasteiger partial charge in [-0.3, -0.25) is 24.6 Å². The van der Waals surface area contributed by atoms with E-state index in [1.54, 1.807) is 4.90 Å². The van der Waals surface area contributed by atoms with Crippen LogP contribution in [0, 0.1) is 29.1 Å². The molecule has 0 bridgehead atoms. The van der Waals surface area contributed by atoms with E-state index in [0.717, 1.165) is 0 Å². The van der Waals surface area contributed by atoms with Gasteiger partial charge in [0.2, 0.25) is 11.8 Å². The Morgan fingerprint density at radius 3 is 2.40 bits per heavy atom. The molecule has 0 aromatic carbocycles. The van der Waals surface area contributed by atoms with Crippen molar-refractivity contribution in [3.05, 3.63) is 0 Å². The molecule has 6 atom stereocenters. The Morgan fingerprint density at radius 2 is 1.86 bits per heavy atom. The van der Waals surface area contributed by atoms with Crippen LogP contribution in [-0.4, -0.2) is 64.9 Å². The van der Waals surface area contributed by atoms with Crippen molar-refractivity contribution < 1.29 is 23.6 Å². The number of carbonyl (C=O) groups excluding carboxylic acids is 4. The molecule has 2 saturated carbocycles. The lowest BCUT2D eigenvalue weighted by Gasteiger charge is -2.35. The number of rotatable bonds is 9. The van der Waals surface area contributed by atoms with Gasteiger partial charge in [0.1, 0.15) is 12.1 Å². The molecule has 2 aliphatic heterocycles. The maximum atomic E-state index is 14.3. The van der Waals surface area contributed by atoms with Gasteiger partial charge in [-0.05, 0) is 56.3 Å². The van der Waals surface area contributed by atoms with Crippen LogP contribution in [0.1, 0.15) is 67.2 Å². The highest BCUT2D eigenvalue weighted by Gasteiger charge is 2.69. The van der Waals surface area contributed by atoms with Gasteiger partial charge in [-0.25, -0.2) is 9.82 Å². The van der Waals surface area contributed by atoms with Crippen LogP contribution >= 0.6 is 0 Å². The van der Waals surface area contributed by atoms with Crippen LogP contribution in [0.25, 0.3) is 0 Å². The van der Waals surface area contributed by atoms with Gasteiger partial charge in [0, 0.05) is 18.6 Å². The van der Waals surface area contributed by atoms with Gasteiger partial charge in [-0.15, -0.1) is 0 Å². The predicted molar refractivity (Wildman–Crippen MR) is 127 cm³/mol. The molecule has 196 valence electrons. The lowest BCUT2D eigenvalue weighted by molar-refractivity contribution is -0.145. The molecule has 4 aliphatic rings. The monoisotopic (exact) mass is 493 g/mol. The number of hydrogen-bond acceptors (Lipinski definition) is 5. The van der Waals surface area contributed by atoms with Crippen LogP contribution in [0.3, 0.4) is 0 Å². The molecule has 2 aliphatic carbocycles. The Balaban J connectivity index is 1.43. The number of alkyl halides is 1. The van der Waals surface area contributed by atoms with Gasteiger partial charge < -0.3 is 15.5 Å². The molecular weight excluding hydrogens is 453 g/mol. The van der Waals surface area contributed by atoms with Crippen molar-refractivity contribution in [1.29, 1.82) is 0 Å². The molecule has 4 fully saturated rings. The lowest BCUT2D eigenvalue weighted by Crippen LogP contribution is -2.59. The molecular formula is C25H40FN5O4. The van der Waals surface area contributed by atoms with E-state index in [1.807, 2.05) is 27.7 Å². The predicted octanol–water partition coefficient (Wildman–Crippen LogP) is 1.04. The number of nitrogens with one attached hydrogen (secondary N) is 4. The van der Waals surface area contributed by atoms with Gasteiger partial charge >= 0.3 is 0 Å². The zero-order valence-electron chi connectivity index (χ0n) is 21.7. The maximum absolute atomic E-state index is 14.3. The SMILES string of the molecule is CC[C@H](C)[C@H](NC(=O)C1(F)CC1)C(=O)N1C[C@H]2[C@@H]([C@H]1C(=O)NNCC1CC(C)(C)NC1=O)C2(C)C. The third-order valence-corrected chi connectivity index (χ3v) is 8.77. The Labute approximate surface area is 206 Å². The first-order valence-corrected chi connectivity index (χ1v) is 12.9. The summed E-state index contributed by atoms with van der Waals surface area (Å²) in [5, 5.41) is 5.59. The molecule has 0 spiro atoms. The highest BCUT2D eigenvalue weighted by Crippen LogP contribution is 2.65. The van der Waals surface area contributed by atoms with E-state index in [4.69, 9.17) is 0 Å². The van der Waals surface area contributed by atoms with Crippen LogP contribution in [0.4, 0.5) is 4.39 Å². The first-order chi connectivity index (χ1) is 16.2. The minimum atomic E-state index is -1.87. The standard InChI is InChI=1S/C25H40FN5O4/c1-7-13(2)17(28-22(35)25(26)8-9-25)21(34)31-12-15-16(24(15,5)6)18(31)20(33)30-27-11-14-10-23(3,4)29-19(14)32/h13-18,27H,7-12H2,1-6H3,(H,28,35)(H,29,32)(H,30,33)/t13-,14?,15-,16-,17-,18-/m0/s1. The average molecular weight is 494 g/mol. The van der Waals surface area contributed by atoms with Crippen molar-refractivity contribution in [2.24, 2.45) is 29.1 Å².